The van der Waals surface area contributed by atoms with Crippen molar-refractivity contribution in [3.63, 3.8) is 0 Å². The zero-order valence-corrected chi connectivity index (χ0v) is 10.6. The molecule has 19 heavy (non-hydrogen) atoms. The average Bonchev–Trinajstić information content (AvgIpc) is 2.86. The van der Waals surface area contributed by atoms with Crippen LogP contribution in [-0.2, 0) is 4.79 Å². The highest BCUT2D eigenvalue weighted by Gasteiger charge is 2.21. The predicted molar refractivity (Wildman–Crippen MR) is 65.9 cm³/mol. The van der Waals surface area contributed by atoms with E-state index in [9.17, 15) is 13.6 Å². The summed E-state index contributed by atoms with van der Waals surface area (Å²) in [7, 11) is 0. The Morgan fingerprint density at radius 3 is 2.89 bits per heavy atom. The fourth-order valence-corrected chi connectivity index (χ4v) is 1.90. The molecule has 1 heterocycles. The van der Waals surface area contributed by atoms with Crippen LogP contribution >= 0.6 is 0 Å². The van der Waals surface area contributed by atoms with Crippen molar-refractivity contribution in [2.45, 2.75) is 25.5 Å². The van der Waals surface area contributed by atoms with E-state index in [1.807, 2.05) is 0 Å². The summed E-state index contributed by atoms with van der Waals surface area (Å²) in [4.78, 5) is 11.8. The van der Waals surface area contributed by atoms with Crippen molar-refractivity contribution in [1.82, 2.24) is 10.6 Å². The third-order valence-electron chi connectivity index (χ3n) is 2.98. The minimum atomic E-state index is -0.995. The van der Waals surface area contributed by atoms with E-state index in [2.05, 4.69) is 10.6 Å². The molecule has 4 nitrogen and oxygen atoms in total. The highest BCUT2D eigenvalue weighted by molar-refractivity contribution is 5.81. The quantitative estimate of drug-likeness (QED) is 0.864. The summed E-state index contributed by atoms with van der Waals surface area (Å²) < 4.78 is 31.0. The summed E-state index contributed by atoms with van der Waals surface area (Å²) in [6, 6.07) is 3.29. The molecule has 2 atom stereocenters. The second kappa shape index (κ2) is 5.97. The fraction of sp³-hybridized carbons (Fsp3) is 0.462. The first-order valence-electron chi connectivity index (χ1n) is 6.19. The lowest BCUT2D eigenvalue weighted by molar-refractivity contribution is -0.127. The third-order valence-corrected chi connectivity index (χ3v) is 2.98. The van der Waals surface area contributed by atoms with Crippen LogP contribution < -0.4 is 15.4 Å². The van der Waals surface area contributed by atoms with E-state index in [0.29, 0.717) is 0 Å². The molecule has 1 fully saturated rings. The van der Waals surface area contributed by atoms with Gasteiger partial charge < -0.3 is 15.4 Å². The maximum Gasteiger partial charge on any atom is 0.261 e. The minimum absolute atomic E-state index is 0.100. The molecule has 1 amide bonds. The molecule has 0 bridgehead atoms. The Bertz CT molecular complexity index is 462. The van der Waals surface area contributed by atoms with Gasteiger partial charge in [0, 0.05) is 18.7 Å². The molecule has 1 aromatic rings. The van der Waals surface area contributed by atoms with E-state index in [4.69, 9.17) is 4.74 Å². The van der Waals surface area contributed by atoms with Crippen LogP contribution in [0.1, 0.15) is 13.3 Å². The maximum atomic E-state index is 13.0. The Hall–Kier alpha value is -1.69. The lowest BCUT2D eigenvalue weighted by Crippen LogP contribution is -2.43. The number of carbonyl (C=O) groups excluding carboxylic acids is 1. The summed E-state index contributed by atoms with van der Waals surface area (Å²) in [5, 5.41) is 5.96. The normalized spacial score (nSPS) is 20.1. The highest BCUT2D eigenvalue weighted by atomic mass is 19.2. The predicted octanol–water partition coefficient (Wildman–Crippen LogP) is 1.21. The summed E-state index contributed by atoms with van der Waals surface area (Å²) >= 11 is 0. The molecule has 1 aromatic carbocycles. The largest absolute Gasteiger partial charge is 0.481 e. The zero-order valence-electron chi connectivity index (χ0n) is 10.6. The summed E-state index contributed by atoms with van der Waals surface area (Å²) in [5.74, 6) is -2.07. The van der Waals surface area contributed by atoms with Gasteiger partial charge in [0.05, 0.1) is 0 Å². The van der Waals surface area contributed by atoms with E-state index in [1.54, 1.807) is 6.92 Å². The van der Waals surface area contributed by atoms with E-state index < -0.39 is 17.7 Å². The average molecular weight is 270 g/mol. The minimum Gasteiger partial charge on any atom is -0.481 e. The van der Waals surface area contributed by atoms with Crippen LogP contribution in [0.25, 0.3) is 0 Å². The molecule has 1 aliphatic heterocycles. The lowest BCUT2D eigenvalue weighted by Gasteiger charge is -2.17. The molecule has 1 saturated heterocycles. The van der Waals surface area contributed by atoms with Gasteiger partial charge in [0.25, 0.3) is 5.91 Å². The van der Waals surface area contributed by atoms with Gasteiger partial charge in [0.1, 0.15) is 5.75 Å². The van der Waals surface area contributed by atoms with E-state index in [0.717, 1.165) is 31.6 Å². The second-order valence-corrected chi connectivity index (χ2v) is 4.53. The molecule has 0 spiro atoms. The molecule has 0 aromatic heterocycles. The smallest absolute Gasteiger partial charge is 0.261 e. The van der Waals surface area contributed by atoms with Crippen LogP contribution in [0.2, 0.25) is 0 Å². The topological polar surface area (TPSA) is 50.4 Å². The van der Waals surface area contributed by atoms with Crippen molar-refractivity contribution >= 4 is 5.91 Å². The first-order chi connectivity index (χ1) is 9.06. The van der Waals surface area contributed by atoms with Crippen LogP contribution in [-0.4, -0.2) is 31.1 Å². The summed E-state index contributed by atoms with van der Waals surface area (Å²) in [6.45, 7) is 3.19. The maximum absolute atomic E-state index is 13.0. The molecule has 104 valence electrons. The van der Waals surface area contributed by atoms with Crippen LogP contribution in [0, 0.1) is 11.6 Å². The number of nitrogens with one attached hydrogen (secondary N) is 2. The van der Waals surface area contributed by atoms with Gasteiger partial charge in [-0.2, -0.15) is 0 Å². The van der Waals surface area contributed by atoms with Gasteiger partial charge in [0.2, 0.25) is 0 Å². The molecular weight excluding hydrogens is 254 g/mol. The van der Waals surface area contributed by atoms with Gasteiger partial charge in [-0.15, -0.1) is 0 Å². The zero-order chi connectivity index (χ0) is 13.8. The van der Waals surface area contributed by atoms with Gasteiger partial charge in [-0.25, -0.2) is 8.78 Å². The lowest BCUT2D eigenvalue weighted by atomic mass is 10.2. The van der Waals surface area contributed by atoms with Crippen LogP contribution in [0.15, 0.2) is 18.2 Å². The van der Waals surface area contributed by atoms with Gasteiger partial charge in [-0.05, 0) is 32.0 Å². The molecule has 0 radical (unpaired) electrons. The molecule has 6 heteroatoms. The second-order valence-electron chi connectivity index (χ2n) is 4.53. The summed E-state index contributed by atoms with van der Waals surface area (Å²) in [5.41, 5.74) is 0. The van der Waals surface area contributed by atoms with Crippen molar-refractivity contribution in [3.05, 3.63) is 29.8 Å². The monoisotopic (exact) mass is 270 g/mol. The Morgan fingerprint density at radius 2 is 2.26 bits per heavy atom. The number of ether oxygens (including phenoxy) is 1. The molecule has 2 unspecified atom stereocenters. The molecular formula is C13H16F2N2O2. The molecule has 2 rings (SSSR count). The Kier molecular flexibility index (Phi) is 4.31. The van der Waals surface area contributed by atoms with Crippen LogP contribution in [0.4, 0.5) is 8.78 Å². The first-order valence-corrected chi connectivity index (χ1v) is 6.19. The Balaban J connectivity index is 1.90. The highest BCUT2D eigenvalue weighted by Crippen LogP contribution is 2.16. The summed E-state index contributed by atoms with van der Waals surface area (Å²) in [6.07, 6.45) is 0.120. The Morgan fingerprint density at radius 1 is 1.47 bits per heavy atom. The number of rotatable bonds is 4. The van der Waals surface area contributed by atoms with Crippen LogP contribution in [0.5, 0.6) is 5.75 Å². The number of hydrogen-bond acceptors (Lipinski definition) is 3. The molecule has 1 aliphatic rings. The number of halogens is 2. The van der Waals surface area contributed by atoms with E-state index in [-0.39, 0.29) is 17.7 Å². The number of amides is 1. The number of carbonyl (C=O) groups is 1. The van der Waals surface area contributed by atoms with Gasteiger partial charge in [-0.1, -0.05) is 0 Å². The third kappa shape index (κ3) is 3.64. The van der Waals surface area contributed by atoms with Crippen molar-refractivity contribution in [2.75, 3.05) is 13.1 Å². The number of hydrogen-bond donors (Lipinski definition) is 2. The van der Waals surface area contributed by atoms with Crippen molar-refractivity contribution in [2.24, 2.45) is 0 Å². The standard InChI is InChI=1S/C13H16F2N2O2/c1-8(13(18)17-9-4-5-16-7-9)19-10-2-3-11(14)12(15)6-10/h2-3,6,8-9,16H,4-5,7H2,1H3,(H,17,18). The molecule has 0 aliphatic carbocycles. The fourth-order valence-electron chi connectivity index (χ4n) is 1.90. The van der Waals surface area contributed by atoms with Crippen LogP contribution in [0.3, 0.4) is 0 Å². The molecule has 2 N–H and O–H groups in total. The number of benzene rings is 1. The van der Waals surface area contributed by atoms with Crippen molar-refractivity contribution in [1.29, 1.82) is 0 Å². The van der Waals surface area contributed by atoms with Crippen molar-refractivity contribution in [3.8, 4) is 5.75 Å². The Labute approximate surface area is 110 Å². The van der Waals surface area contributed by atoms with E-state index in [1.165, 1.54) is 6.07 Å². The first kappa shape index (κ1) is 13.7. The van der Waals surface area contributed by atoms with Gasteiger partial charge in [-0.3, -0.25) is 4.79 Å². The van der Waals surface area contributed by atoms with E-state index >= 15 is 0 Å². The molecule has 0 saturated carbocycles. The van der Waals surface area contributed by atoms with Crippen molar-refractivity contribution < 1.29 is 18.3 Å². The van der Waals surface area contributed by atoms with Gasteiger partial charge in [0.15, 0.2) is 17.7 Å². The van der Waals surface area contributed by atoms with Gasteiger partial charge >= 0.3 is 0 Å². The SMILES string of the molecule is CC(Oc1ccc(F)c(F)c1)C(=O)NC1CCNC1.